The van der Waals surface area contributed by atoms with Crippen LogP contribution in [0.3, 0.4) is 0 Å². The number of aromatic nitrogens is 1. The Bertz CT molecular complexity index is 624. The van der Waals surface area contributed by atoms with E-state index in [9.17, 15) is 5.26 Å². The first-order valence-corrected chi connectivity index (χ1v) is 6.39. The van der Waals surface area contributed by atoms with Gasteiger partial charge >= 0.3 is 0 Å². The van der Waals surface area contributed by atoms with E-state index in [1.807, 2.05) is 38.1 Å². The first-order valence-electron chi connectivity index (χ1n) is 6.39. The standard InChI is InChI=1S/C16H17N3O/c1-16(2,18)10-12-6-7-14(9-13(12)11-17)20-15-5-3-4-8-19-15/h3-9H,10,18H2,1-2H3. The van der Waals surface area contributed by atoms with Crippen molar-refractivity contribution in [1.82, 2.24) is 4.98 Å². The second-order valence-corrected chi connectivity index (χ2v) is 5.37. The van der Waals surface area contributed by atoms with Crippen molar-refractivity contribution < 1.29 is 4.74 Å². The van der Waals surface area contributed by atoms with Gasteiger partial charge in [-0.25, -0.2) is 4.98 Å². The molecule has 0 saturated carbocycles. The maximum absolute atomic E-state index is 9.24. The number of nitrogens with two attached hydrogens (primary N) is 1. The van der Waals surface area contributed by atoms with Crippen molar-refractivity contribution in [3.05, 3.63) is 53.7 Å². The Morgan fingerprint density at radius 1 is 1.30 bits per heavy atom. The summed E-state index contributed by atoms with van der Waals surface area (Å²) in [6, 6.07) is 13.0. The summed E-state index contributed by atoms with van der Waals surface area (Å²) in [6.07, 6.45) is 2.30. The molecule has 2 N–H and O–H groups in total. The molecule has 0 amide bonds. The first kappa shape index (κ1) is 14.0. The van der Waals surface area contributed by atoms with Gasteiger partial charge < -0.3 is 10.5 Å². The highest BCUT2D eigenvalue weighted by Crippen LogP contribution is 2.24. The maximum Gasteiger partial charge on any atom is 0.219 e. The summed E-state index contributed by atoms with van der Waals surface area (Å²) in [6.45, 7) is 3.87. The molecule has 0 unspecified atom stereocenters. The summed E-state index contributed by atoms with van der Waals surface area (Å²) < 4.78 is 5.61. The minimum atomic E-state index is -0.352. The Morgan fingerprint density at radius 2 is 2.10 bits per heavy atom. The molecule has 20 heavy (non-hydrogen) atoms. The van der Waals surface area contributed by atoms with Crippen molar-refractivity contribution in [2.45, 2.75) is 25.8 Å². The first-order chi connectivity index (χ1) is 9.48. The Labute approximate surface area is 118 Å². The molecule has 0 bridgehead atoms. The zero-order valence-electron chi connectivity index (χ0n) is 11.6. The third-order valence-corrected chi connectivity index (χ3v) is 2.71. The molecule has 0 radical (unpaired) electrons. The summed E-state index contributed by atoms with van der Waals surface area (Å²) in [7, 11) is 0. The van der Waals surface area contributed by atoms with E-state index in [2.05, 4.69) is 11.1 Å². The van der Waals surface area contributed by atoms with Gasteiger partial charge in [0.05, 0.1) is 11.6 Å². The summed E-state index contributed by atoms with van der Waals surface area (Å²) >= 11 is 0. The van der Waals surface area contributed by atoms with Gasteiger partial charge in [-0.15, -0.1) is 0 Å². The van der Waals surface area contributed by atoms with Crippen molar-refractivity contribution in [3.8, 4) is 17.7 Å². The van der Waals surface area contributed by atoms with Crippen LogP contribution < -0.4 is 10.5 Å². The minimum Gasteiger partial charge on any atom is -0.439 e. The van der Waals surface area contributed by atoms with Crippen molar-refractivity contribution in [3.63, 3.8) is 0 Å². The highest BCUT2D eigenvalue weighted by molar-refractivity contribution is 5.44. The molecule has 1 aromatic heterocycles. The van der Waals surface area contributed by atoms with Gasteiger partial charge in [-0.3, -0.25) is 0 Å². The number of pyridine rings is 1. The number of nitrogens with zero attached hydrogens (tertiary/aromatic N) is 2. The molecule has 4 nitrogen and oxygen atoms in total. The summed E-state index contributed by atoms with van der Waals surface area (Å²) in [5.74, 6) is 1.10. The van der Waals surface area contributed by atoms with Crippen LogP contribution in [0.25, 0.3) is 0 Å². The largest absolute Gasteiger partial charge is 0.439 e. The lowest BCUT2D eigenvalue weighted by Gasteiger charge is -2.19. The fraction of sp³-hybridized carbons (Fsp3) is 0.250. The van der Waals surface area contributed by atoms with Gasteiger partial charge in [0.2, 0.25) is 5.88 Å². The molecule has 0 saturated heterocycles. The van der Waals surface area contributed by atoms with Gasteiger partial charge in [0.1, 0.15) is 5.75 Å². The van der Waals surface area contributed by atoms with E-state index in [4.69, 9.17) is 10.5 Å². The van der Waals surface area contributed by atoms with E-state index in [0.717, 1.165) is 5.56 Å². The van der Waals surface area contributed by atoms with Crippen LogP contribution in [0.5, 0.6) is 11.6 Å². The lowest BCUT2D eigenvalue weighted by atomic mass is 9.93. The van der Waals surface area contributed by atoms with Crippen molar-refractivity contribution >= 4 is 0 Å². The number of nitriles is 1. The van der Waals surface area contributed by atoms with Crippen LogP contribution in [0.2, 0.25) is 0 Å². The van der Waals surface area contributed by atoms with E-state index < -0.39 is 0 Å². The number of hydrogen-bond donors (Lipinski definition) is 1. The molecule has 2 rings (SSSR count). The molecule has 0 aliphatic heterocycles. The molecule has 1 heterocycles. The highest BCUT2D eigenvalue weighted by atomic mass is 16.5. The van der Waals surface area contributed by atoms with Crippen molar-refractivity contribution in [2.75, 3.05) is 0 Å². The van der Waals surface area contributed by atoms with E-state index in [-0.39, 0.29) is 5.54 Å². The maximum atomic E-state index is 9.24. The third kappa shape index (κ3) is 3.81. The van der Waals surface area contributed by atoms with E-state index in [1.165, 1.54) is 0 Å². The molecule has 2 aromatic rings. The Hall–Kier alpha value is -2.38. The summed E-state index contributed by atoms with van der Waals surface area (Å²) in [5, 5.41) is 9.24. The molecule has 0 aliphatic carbocycles. The molecule has 102 valence electrons. The monoisotopic (exact) mass is 267 g/mol. The average Bonchev–Trinajstić information content (AvgIpc) is 2.40. The fourth-order valence-corrected chi connectivity index (χ4v) is 1.90. The Morgan fingerprint density at radius 3 is 2.70 bits per heavy atom. The molecule has 1 aromatic carbocycles. The van der Waals surface area contributed by atoms with E-state index in [1.54, 1.807) is 18.3 Å². The van der Waals surface area contributed by atoms with Crippen LogP contribution in [-0.2, 0) is 6.42 Å². The smallest absolute Gasteiger partial charge is 0.219 e. The highest BCUT2D eigenvalue weighted by Gasteiger charge is 2.15. The predicted octanol–water partition coefficient (Wildman–Crippen LogP) is 3.03. The van der Waals surface area contributed by atoms with Crippen LogP contribution in [0.4, 0.5) is 0 Å². The van der Waals surface area contributed by atoms with Gasteiger partial charge in [-0.2, -0.15) is 5.26 Å². The normalized spacial score (nSPS) is 10.9. The van der Waals surface area contributed by atoms with Gasteiger partial charge in [-0.1, -0.05) is 12.1 Å². The Balaban J connectivity index is 2.24. The molecular formula is C16H17N3O. The number of hydrogen-bond acceptors (Lipinski definition) is 4. The van der Waals surface area contributed by atoms with E-state index in [0.29, 0.717) is 23.6 Å². The van der Waals surface area contributed by atoms with Gasteiger partial charge in [0, 0.05) is 17.8 Å². The Kier molecular flexibility index (Phi) is 4.02. The van der Waals surface area contributed by atoms with Crippen LogP contribution in [0.15, 0.2) is 42.6 Å². The summed E-state index contributed by atoms with van der Waals surface area (Å²) in [4.78, 5) is 4.09. The SMILES string of the molecule is CC(C)(N)Cc1ccc(Oc2ccccn2)cc1C#N. The zero-order valence-corrected chi connectivity index (χ0v) is 11.6. The van der Waals surface area contributed by atoms with Crippen LogP contribution in [0, 0.1) is 11.3 Å². The zero-order chi connectivity index (χ0) is 14.6. The quantitative estimate of drug-likeness (QED) is 0.924. The molecule has 4 heteroatoms. The predicted molar refractivity (Wildman–Crippen MR) is 77.4 cm³/mol. The lowest BCUT2D eigenvalue weighted by molar-refractivity contribution is 0.461. The molecular weight excluding hydrogens is 250 g/mol. The number of benzene rings is 1. The van der Waals surface area contributed by atoms with E-state index >= 15 is 0 Å². The second kappa shape index (κ2) is 5.72. The second-order valence-electron chi connectivity index (χ2n) is 5.37. The molecule has 0 aliphatic rings. The van der Waals surface area contributed by atoms with Gasteiger partial charge in [0.25, 0.3) is 0 Å². The average molecular weight is 267 g/mol. The van der Waals surface area contributed by atoms with Gasteiger partial charge in [0.15, 0.2) is 0 Å². The third-order valence-electron chi connectivity index (χ3n) is 2.71. The molecule has 0 atom stereocenters. The molecule has 0 fully saturated rings. The van der Waals surface area contributed by atoms with Crippen molar-refractivity contribution in [2.24, 2.45) is 5.73 Å². The van der Waals surface area contributed by atoms with Crippen molar-refractivity contribution in [1.29, 1.82) is 5.26 Å². The number of rotatable bonds is 4. The van der Waals surface area contributed by atoms with Crippen LogP contribution >= 0.6 is 0 Å². The number of ether oxygens (including phenoxy) is 1. The van der Waals surface area contributed by atoms with Crippen LogP contribution in [-0.4, -0.2) is 10.5 Å². The minimum absolute atomic E-state index is 0.352. The topological polar surface area (TPSA) is 71.9 Å². The molecule has 0 spiro atoms. The summed E-state index contributed by atoms with van der Waals surface area (Å²) in [5.41, 5.74) is 7.15. The van der Waals surface area contributed by atoms with Crippen LogP contribution in [0.1, 0.15) is 25.0 Å². The van der Waals surface area contributed by atoms with Gasteiger partial charge in [-0.05, 0) is 44.0 Å². The lowest BCUT2D eigenvalue weighted by Crippen LogP contribution is -2.34. The fourth-order valence-electron chi connectivity index (χ4n) is 1.90.